The molecule has 0 atom stereocenters. The maximum Gasteiger partial charge on any atom is 2.00 e. The van der Waals surface area contributed by atoms with Crippen LogP contribution in [0, 0.1) is 0 Å². The molecule has 0 fully saturated rings. The van der Waals surface area contributed by atoms with E-state index in [-0.39, 0.29) is 73.1 Å². The number of rotatable bonds is 0. The fourth-order valence-corrected chi connectivity index (χ4v) is 0. The summed E-state index contributed by atoms with van der Waals surface area (Å²) in [6, 6.07) is 0. The second-order valence-corrected chi connectivity index (χ2v) is 8.42. The van der Waals surface area contributed by atoms with Gasteiger partial charge in [0.25, 0.3) is 0 Å². The van der Waals surface area contributed by atoms with Gasteiger partial charge in [0.2, 0.25) is 0 Å². The topological polar surface area (TPSA) is 401 Å². The molecule has 20 nitrogen and oxygen atoms in total. The monoisotopic (exact) mass is 819 g/mol. The maximum atomic E-state index is 8.59. The molecule has 0 spiro atoms. The van der Waals surface area contributed by atoms with E-state index in [4.69, 9.17) is 79.6 Å². The van der Waals surface area contributed by atoms with E-state index >= 15 is 0 Å². The molecule has 0 aliphatic rings. The largest absolute Gasteiger partial charge is 2.00 e. The molecule has 0 saturated carbocycles. The molecule has 170 valence electrons. The summed E-state index contributed by atoms with van der Waals surface area (Å²) in [7, 11) is 0. The summed E-state index contributed by atoms with van der Waals surface area (Å²) in [5.74, 6) is 0. The Morgan fingerprint density at radius 3 is 0.276 bits per heavy atom. The van der Waals surface area contributed by atoms with Gasteiger partial charge in [-0.3, -0.25) is 0 Å². The van der Waals surface area contributed by atoms with Gasteiger partial charge in [-0.25, -0.2) is 0 Å². The Labute approximate surface area is 218 Å². The Balaban J connectivity index is -0.0000000238. The Hall–Kier alpha value is 2.55. The van der Waals surface area contributed by atoms with E-state index < -0.39 is 68.1 Å². The molecule has 0 unspecified atom stereocenters. The molecule has 0 aromatic rings. The van der Waals surface area contributed by atoms with Gasteiger partial charge in [-0.1, -0.05) is 0 Å². The van der Waals surface area contributed by atoms with Crippen molar-refractivity contribution in [2.45, 2.75) is 0 Å². The molecule has 29 heavy (non-hydrogen) atoms. The van der Waals surface area contributed by atoms with Gasteiger partial charge in [-0.15, -0.1) is 0 Å². The van der Waals surface area contributed by atoms with Crippen molar-refractivity contribution < 1.29 is 221 Å². The average molecular weight is 822 g/mol. The molecule has 0 N–H and O–H groups in total. The van der Waals surface area contributed by atoms with Crippen LogP contribution in [0.4, 0.5) is 0 Å². The summed E-state index contributed by atoms with van der Waals surface area (Å²) in [5.41, 5.74) is 0. The van der Waals surface area contributed by atoms with Crippen LogP contribution in [0.25, 0.3) is 0 Å². The van der Waals surface area contributed by atoms with Crippen LogP contribution in [-0.2, 0) is 179 Å². The van der Waals surface area contributed by atoms with Crippen molar-refractivity contribution in [1.82, 2.24) is 0 Å². The van der Waals surface area contributed by atoms with Crippen molar-refractivity contribution in [3.63, 3.8) is 0 Å². The molecule has 0 rings (SSSR count). The quantitative estimate of drug-likeness (QED) is 0.205. The van der Waals surface area contributed by atoms with E-state index in [0.717, 1.165) is 0 Å². The molecule has 0 aromatic carbocycles. The van der Waals surface area contributed by atoms with Gasteiger partial charge in [0, 0.05) is 0 Å². The molecule has 0 bridgehead atoms. The molecule has 0 aliphatic carbocycles. The van der Waals surface area contributed by atoms with Crippen molar-refractivity contribution in [3.8, 4) is 0 Å². The van der Waals surface area contributed by atoms with Crippen molar-refractivity contribution in [2.24, 2.45) is 0 Å². The van der Waals surface area contributed by atoms with Crippen molar-refractivity contribution in [2.75, 3.05) is 0 Å². The zero-order valence-electron chi connectivity index (χ0n) is 12.3. The molecular weight excluding hydrogens is 822 g/mol. The minimum atomic E-state index is -5.75. The zero-order valence-corrected chi connectivity index (χ0v) is 26.8. The summed E-state index contributed by atoms with van der Waals surface area (Å²) in [5, 5.41) is 0. The van der Waals surface area contributed by atoms with Crippen LogP contribution in [0.3, 0.4) is 0 Å². The molecule has 0 aromatic heterocycles. The van der Waals surface area contributed by atoms with E-state index in [1.165, 1.54) is 0 Å². The predicted octanol–water partition coefficient (Wildman–Crippen LogP) is -13.1. The van der Waals surface area contributed by atoms with E-state index in [0.29, 0.717) is 0 Å². The summed E-state index contributed by atoms with van der Waals surface area (Å²) in [4.78, 5) is 0. The smallest absolute Gasteiger partial charge is 2.00 e. The van der Waals surface area contributed by atoms with Gasteiger partial charge < -0.3 is 0 Å². The molecule has 0 heterocycles. The molecule has 29 heteroatoms. The van der Waals surface area contributed by atoms with Crippen LogP contribution in [0.15, 0.2) is 0 Å². The Morgan fingerprint density at radius 1 is 0.276 bits per heavy atom. The Kier molecular flexibility index (Phi) is 50.3. The summed E-state index contributed by atoms with van der Waals surface area (Å²) in [6.07, 6.45) is 0. The van der Waals surface area contributed by atoms with Crippen LogP contribution in [0.1, 0.15) is 0 Å². The third-order valence-electron chi connectivity index (χ3n) is 0. The van der Waals surface area contributed by atoms with Gasteiger partial charge >= 0.3 is 221 Å². The number of hydrogen-bond acceptors (Lipinski definition) is 20. The second-order valence-electron chi connectivity index (χ2n) is 2.04. The van der Waals surface area contributed by atoms with Crippen LogP contribution in [0.5, 0.6) is 0 Å². The van der Waals surface area contributed by atoms with E-state index in [9.17, 15) is 0 Å². The van der Waals surface area contributed by atoms with Crippen LogP contribution < -0.4 is 41.6 Å². The first-order valence-electron chi connectivity index (χ1n) is 3.33. The van der Waals surface area contributed by atoms with Crippen molar-refractivity contribution in [1.29, 1.82) is 0 Å². The zero-order chi connectivity index (χ0) is 22.5. The van der Waals surface area contributed by atoms with E-state index in [2.05, 4.69) is 0 Å². The Morgan fingerprint density at radius 2 is 0.276 bits per heavy atom. The fourth-order valence-electron chi connectivity index (χ4n) is 0. The summed E-state index contributed by atoms with van der Waals surface area (Å²) in [6.45, 7) is 0. The minimum Gasteiger partial charge on any atom is 2.00 e. The molecule has 0 saturated heterocycles. The van der Waals surface area contributed by atoms with Crippen molar-refractivity contribution in [3.05, 3.63) is 0 Å². The molecular formula is Cr5Fe2O20Zn2. The van der Waals surface area contributed by atoms with Gasteiger partial charge in [0.15, 0.2) is 0 Å². The Bertz CT molecular complexity index is 629. The molecule has 0 amide bonds. The number of hydrogen-bond donors (Lipinski definition) is 0. The molecule has 2 radical (unpaired) electrons. The predicted molar refractivity (Wildman–Crippen MR) is 6.86 cm³/mol. The van der Waals surface area contributed by atoms with Gasteiger partial charge in [-0.05, 0) is 0 Å². The molecule has 0 aliphatic heterocycles. The fraction of sp³-hybridized carbons (Fsp3) is 0. The standard InChI is InChI=1S/5Cr.2Fe.20O.2Zn/q;;;;;2*+3;;;;;;;;;;;10*-1;2*+2. The van der Waals surface area contributed by atoms with Crippen LogP contribution >= 0.6 is 0 Å². The first-order valence-corrected chi connectivity index (χ1v) is 13.7. The van der Waals surface area contributed by atoms with E-state index in [1.807, 2.05) is 0 Å². The second kappa shape index (κ2) is 25.2. The maximum absolute atomic E-state index is 8.59. The van der Waals surface area contributed by atoms with Crippen LogP contribution in [-0.4, -0.2) is 0 Å². The first kappa shape index (κ1) is 57.9. The van der Waals surface area contributed by atoms with Gasteiger partial charge in [0.1, 0.15) is 0 Å². The SMILES string of the molecule is [Fe+3].[Fe+3].[O]=[Cr](=[O])([O-])[O-].[O]=[Cr](=[O])([O-])[O-].[O]=[Cr](=[O])([O-])[O-].[O]=[Cr](=[O])([O-])[O-].[O]=[Cr](=[O])([O-])[O-].[Zn+2].[Zn+2]. The normalized spacial score (nSPS) is 10.0. The van der Waals surface area contributed by atoms with Gasteiger partial charge in [-0.2, -0.15) is 0 Å². The van der Waals surface area contributed by atoms with E-state index in [1.54, 1.807) is 0 Å². The third-order valence-corrected chi connectivity index (χ3v) is 0. The minimum absolute atomic E-state index is 0. The van der Waals surface area contributed by atoms with Crippen LogP contribution in [0.2, 0.25) is 0 Å². The first-order chi connectivity index (χ1) is 10.0. The van der Waals surface area contributed by atoms with Crippen molar-refractivity contribution >= 4 is 0 Å². The average Bonchev–Trinajstić information content (AvgIpc) is 1.79. The van der Waals surface area contributed by atoms with Gasteiger partial charge in [0.05, 0.1) is 0 Å². The third kappa shape index (κ3) is 3830. The summed E-state index contributed by atoms with van der Waals surface area (Å²) < 4.78 is 172. The summed E-state index contributed by atoms with van der Waals surface area (Å²) >= 11 is -28.8.